The Morgan fingerprint density at radius 3 is 2.43 bits per heavy atom. The Kier molecular flexibility index (Phi) is 6.20. The second-order valence-corrected chi connectivity index (χ2v) is 7.35. The molecule has 2 N–H and O–H groups in total. The van der Waals surface area contributed by atoms with Gasteiger partial charge < -0.3 is 14.5 Å². The minimum Gasteiger partial charge on any atom is -0.464 e. The first-order valence-electron chi connectivity index (χ1n) is 9.54. The number of imide groups is 1. The molecule has 0 atom stereocenters. The highest BCUT2D eigenvalue weighted by Crippen LogP contribution is 2.25. The molecule has 1 heterocycles. The first kappa shape index (κ1) is 21.1. The number of hydrogen-bond donors (Lipinski definition) is 2. The number of ether oxygens (including phenoxy) is 1. The topological polar surface area (TPSA) is 97.6 Å². The van der Waals surface area contributed by atoms with Crippen molar-refractivity contribution in [1.29, 1.82) is 0 Å². The number of fused-ring (bicyclic) bond motifs is 1. The lowest BCUT2D eigenvalue weighted by Gasteiger charge is -2.10. The van der Waals surface area contributed by atoms with Gasteiger partial charge in [-0.25, -0.2) is 4.79 Å². The van der Waals surface area contributed by atoms with Crippen LogP contribution in [0.15, 0.2) is 41.0 Å². The normalized spacial score (nSPS) is 10.7. The zero-order valence-electron chi connectivity index (χ0n) is 17.4. The van der Waals surface area contributed by atoms with Crippen molar-refractivity contribution in [2.24, 2.45) is 0 Å². The highest BCUT2D eigenvalue weighted by molar-refractivity contribution is 6.02. The number of amides is 3. The van der Waals surface area contributed by atoms with Gasteiger partial charge in [0.2, 0.25) is 0 Å². The van der Waals surface area contributed by atoms with Gasteiger partial charge >= 0.3 is 12.0 Å². The van der Waals surface area contributed by atoms with Crippen LogP contribution in [-0.2, 0) is 20.7 Å². The Balaban J connectivity index is 1.50. The van der Waals surface area contributed by atoms with Crippen molar-refractivity contribution in [3.05, 3.63) is 64.4 Å². The van der Waals surface area contributed by atoms with Crippen LogP contribution in [0.5, 0.6) is 0 Å². The Bertz CT molecular complexity index is 1130. The van der Waals surface area contributed by atoms with Gasteiger partial charge in [-0.15, -0.1) is 0 Å². The number of anilines is 1. The first-order chi connectivity index (χ1) is 14.2. The van der Waals surface area contributed by atoms with Gasteiger partial charge in [-0.05, 0) is 62.6 Å². The molecule has 0 saturated carbocycles. The Morgan fingerprint density at radius 2 is 1.70 bits per heavy atom. The Hall–Kier alpha value is -3.61. The molecule has 0 bridgehead atoms. The van der Waals surface area contributed by atoms with Gasteiger partial charge in [-0.1, -0.05) is 17.7 Å². The predicted octanol–water partition coefficient (Wildman–Crippen LogP) is 4.10. The summed E-state index contributed by atoms with van der Waals surface area (Å²) in [5, 5.41) is 5.58. The third kappa shape index (κ3) is 5.05. The van der Waals surface area contributed by atoms with Crippen LogP contribution in [0.25, 0.3) is 11.0 Å². The molecule has 30 heavy (non-hydrogen) atoms. The molecule has 0 saturated heterocycles. The van der Waals surface area contributed by atoms with Gasteiger partial charge in [-0.3, -0.25) is 14.9 Å². The van der Waals surface area contributed by atoms with Crippen molar-refractivity contribution < 1.29 is 23.5 Å². The highest BCUT2D eigenvalue weighted by Gasteiger charge is 2.15. The van der Waals surface area contributed by atoms with Gasteiger partial charge in [0.15, 0.2) is 6.61 Å². The van der Waals surface area contributed by atoms with E-state index < -0.39 is 24.5 Å². The lowest BCUT2D eigenvalue weighted by molar-refractivity contribution is -0.147. The molecule has 1 aromatic heterocycles. The summed E-state index contributed by atoms with van der Waals surface area (Å²) in [4.78, 5) is 36.0. The van der Waals surface area contributed by atoms with Gasteiger partial charge in [-0.2, -0.15) is 0 Å². The van der Waals surface area contributed by atoms with Gasteiger partial charge in [0, 0.05) is 16.6 Å². The maximum atomic E-state index is 12.1. The number of urea groups is 1. The molecule has 0 aliphatic carbocycles. The first-order valence-corrected chi connectivity index (χ1v) is 9.54. The summed E-state index contributed by atoms with van der Waals surface area (Å²) in [6.07, 6.45) is 1.49. The number of carbonyl (C=O) groups excluding carboxylic acids is 3. The third-order valence-corrected chi connectivity index (χ3v) is 4.85. The van der Waals surface area contributed by atoms with Crippen LogP contribution >= 0.6 is 0 Å². The molecule has 2 aromatic carbocycles. The fourth-order valence-electron chi connectivity index (χ4n) is 3.10. The van der Waals surface area contributed by atoms with Crippen LogP contribution in [0.2, 0.25) is 0 Å². The minimum absolute atomic E-state index is 0.0302. The van der Waals surface area contributed by atoms with Gasteiger partial charge in [0.25, 0.3) is 5.91 Å². The largest absolute Gasteiger partial charge is 0.464 e. The van der Waals surface area contributed by atoms with Crippen LogP contribution in [0.3, 0.4) is 0 Å². The van der Waals surface area contributed by atoms with E-state index in [2.05, 4.69) is 10.6 Å². The van der Waals surface area contributed by atoms with Crippen LogP contribution < -0.4 is 10.6 Å². The summed E-state index contributed by atoms with van der Waals surface area (Å²) in [5.74, 6) is -1.30. The number of benzene rings is 2. The molecule has 7 nitrogen and oxygen atoms in total. The molecular formula is C23H24N2O5. The van der Waals surface area contributed by atoms with E-state index in [0.29, 0.717) is 16.8 Å². The number of nitrogens with one attached hydrogen (secondary N) is 2. The second kappa shape index (κ2) is 8.82. The minimum atomic E-state index is -0.714. The molecule has 3 amide bonds. The molecular weight excluding hydrogens is 384 g/mol. The van der Waals surface area contributed by atoms with E-state index in [0.717, 1.165) is 27.6 Å². The summed E-state index contributed by atoms with van der Waals surface area (Å²) in [6.45, 7) is 7.22. The number of rotatable bonds is 5. The standard InChI is InChI=1S/C23H24N2O5/c1-13-5-6-19(16(4)7-13)24-23(28)25-21(26)12-30-22(27)10-17-11-29-20-9-15(3)14(2)8-18(17)20/h5-9,11H,10,12H2,1-4H3,(H2,24,25,26,28). The zero-order valence-corrected chi connectivity index (χ0v) is 17.4. The van der Waals surface area contributed by atoms with E-state index in [-0.39, 0.29) is 6.42 Å². The number of aryl methyl sites for hydroxylation is 4. The lowest BCUT2D eigenvalue weighted by Crippen LogP contribution is -2.37. The number of furan rings is 1. The predicted molar refractivity (Wildman–Crippen MR) is 113 cm³/mol. The van der Waals surface area contributed by atoms with Crippen molar-refractivity contribution in [2.45, 2.75) is 34.1 Å². The average molecular weight is 408 g/mol. The number of hydrogen-bond acceptors (Lipinski definition) is 5. The fourth-order valence-corrected chi connectivity index (χ4v) is 3.10. The molecule has 3 aromatic rings. The van der Waals surface area contributed by atoms with E-state index in [4.69, 9.17) is 9.15 Å². The van der Waals surface area contributed by atoms with Crippen LogP contribution in [0, 0.1) is 27.7 Å². The van der Waals surface area contributed by atoms with Gasteiger partial charge in [0.05, 0.1) is 12.7 Å². The van der Waals surface area contributed by atoms with Crippen molar-refractivity contribution in [1.82, 2.24) is 5.32 Å². The molecule has 0 fully saturated rings. The summed E-state index contributed by atoms with van der Waals surface area (Å²) < 4.78 is 10.5. The van der Waals surface area contributed by atoms with E-state index in [1.165, 1.54) is 6.26 Å². The number of esters is 1. The SMILES string of the molecule is Cc1ccc(NC(=O)NC(=O)COC(=O)Cc2coc3cc(C)c(C)cc23)c(C)c1. The Morgan fingerprint density at radius 1 is 0.967 bits per heavy atom. The summed E-state index contributed by atoms with van der Waals surface area (Å²) in [5.41, 5.74) is 6.11. The highest BCUT2D eigenvalue weighted by atomic mass is 16.5. The van der Waals surface area contributed by atoms with Gasteiger partial charge in [0.1, 0.15) is 5.58 Å². The molecule has 7 heteroatoms. The van der Waals surface area contributed by atoms with Crippen LogP contribution in [0.1, 0.15) is 27.8 Å². The maximum absolute atomic E-state index is 12.1. The smallest absolute Gasteiger partial charge is 0.325 e. The average Bonchev–Trinajstić information content (AvgIpc) is 3.04. The van der Waals surface area contributed by atoms with Crippen molar-refractivity contribution >= 4 is 34.6 Å². The molecule has 0 spiro atoms. The van der Waals surface area contributed by atoms with E-state index in [9.17, 15) is 14.4 Å². The number of carbonyl (C=O) groups is 3. The third-order valence-electron chi connectivity index (χ3n) is 4.85. The molecule has 0 aliphatic rings. The summed E-state index contributed by atoms with van der Waals surface area (Å²) >= 11 is 0. The van der Waals surface area contributed by atoms with Crippen molar-refractivity contribution in [3.63, 3.8) is 0 Å². The fraction of sp³-hybridized carbons (Fsp3) is 0.261. The summed E-state index contributed by atoms with van der Waals surface area (Å²) in [6, 6.07) is 8.72. The van der Waals surface area contributed by atoms with E-state index in [1.54, 1.807) is 6.07 Å². The molecule has 3 rings (SSSR count). The monoisotopic (exact) mass is 408 g/mol. The molecule has 0 aliphatic heterocycles. The van der Waals surface area contributed by atoms with Crippen molar-refractivity contribution in [2.75, 3.05) is 11.9 Å². The maximum Gasteiger partial charge on any atom is 0.325 e. The zero-order chi connectivity index (χ0) is 21.8. The summed E-state index contributed by atoms with van der Waals surface area (Å²) in [7, 11) is 0. The van der Waals surface area contributed by atoms with Crippen LogP contribution in [0.4, 0.5) is 10.5 Å². The van der Waals surface area contributed by atoms with E-state index >= 15 is 0 Å². The molecule has 0 radical (unpaired) electrons. The lowest BCUT2D eigenvalue weighted by atomic mass is 10.0. The van der Waals surface area contributed by atoms with Crippen LogP contribution in [-0.4, -0.2) is 24.5 Å². The second-order valence-electron chi connectivity index (χ2n) is 7.35. The van der Waals surface area contributed by atoms with Crippen molar-refractivity contribution in [3.8, 4) is 0 Å². The molecule has 0 unspecified atom stereocenters. The quantitative estimate of drug-likeness (QED) is 0.620. The van der Waals surface area contributed by atoms with E-state index in [1.807, 2.05) is 52.0 Å². The Labute approximate surface area is 174 Å². The molecule has 156 valence electrons.